The Morgan fingerprint density at radius 2 is 1.93 bits per heavy atom. The molecule has 0 aliphatic rings. The van der Waals surface area contributed by atoms with Crippen LogP contribution in [0.4, 0.5) is 0 Å². The normalized spacial score (nSPS) is 12.1. The van der Waals surface area contributed by atoms with E-state index >= 15 is 0 Å². The Bertz CT molecular complexity index is 161. The molecule has 0 spiro atoms. The summed E-state index contributed by atoms with van der Waals surface area (Å²) in [6.07, 6.45) is 4.19. The van der Waals surface area contributed by atoms with E-state index in [1.807, 2.05) is 0 Å². The van der Waals surface area contributed by atoms with Crippen molar-refractivity contribution in [2.75, 3.05) is 27.6 Å². The standard InChI is InChI=1S/C10H21O3Si2/c1-5-6-7-15(8-11-2)9-14-10(12-3)13-4/h6-7,10H,5,8-9H2,1-4H3/b7-6+. The number of rotatable bonds is 9. The smallest absolute Gasteiger partial charge is 0.136 e. The third kappa shape index (κ3) is 7.92. The highest BCUT2D eigenvalue weighted by atomic mass is 28.3. The highest BCUT2D eigenvalue weighted by molar-refractivity contribution is 6.73. The fourth-order valence-corrected chi connectivity index (χ4v) is 5.07. The van der Waals surface area contributed by atoms with E-state index in [4.69, 9.17) is 14.2 Å². The van der Waals surface area contributed by atoms with Gasteiger partial charge >= 0.3 is 0 Å². The molecule has 0 aromatic carbocycles. The van der Waals surface area contributed by atoms with Gasteiger partial charge in [-0.1, -0.05) is 24.4 Å². The van der Waals surface area contributed by atoms with Crippen LogP contribution in [-0.2, 0) is 14.2 Å². The van der Waals surface area contributed by atoms with Crippen molar-refractivity contribution < 1.29 is 14.2 Å². The second kappa shape index (κ2) is 10.6. The zero-order valence-electron chi connectivity index (χ0n) is 10.1. The molecular weight excluding hydrogens is 224 g/mol. The second-order valence-electron chi connectivity index (χ2n) is 3.09. The SMILES string of the molecule is CC/C=C/[Si](COC)C[Si]C(OC)OC. The number of hydrogen-bond acceptors (Lipinski definition) is 3. The van der Waals surface area contributed by atoms with Gasteiger partial charge in [-0.2, -0.15) is 0 Å². The van der Waals surface area contributed by atoms with Gasteiger partial charge in [-0.05, 0) is 6.42 Å². The van der Waals surface area contributed by atoms with Crippen molar-refractivity contribution in [3.8, 4) is 0 Å². The molecule has 0 fully saturated rings. The topological polar surface area (TPSA) is 27.7 Å². The Hall–Kier alpha value is 0.0538. The summed E-state index contributed by atoms with van der Waals surface area (Å²) in [6, 6.07) is 0. The van der Waals surface area contributed by atoms with Crippen LogP contribution in [-0.4, -0.2) is 51.8 Å². The van der Waals surface area contributed by atoms with Crippen LogP contribution in [0.5, 0.6) is 0 Å². The molecule has 0 saturated heterocycles. The van der Waals surface area contributed by atoms with Crippen LogP contribution in [0.2, 0.25) is 5.67 Å². The zero-order valence-corrected chi connectivity index (χ0v) is 12.1. The number of allylic oxidation sites excluding steroid dienone is 1. The summed E-state index contributed by atoms with van der Waals surface area (Å²) in [4.78, 5) is 0. The summed E-state index contributed by atoms with van der Waals surface area (Å²) in [5.74, 6) is -0.0446. The maximum absolute atomic E-state index is 5.22. The number of ether oxygens (including phenoxy) is 3. The van der Waals surface area contributed by atoms with E-state index < -0.39 is 8.80 Å². The first-order chi connectivity index (χ1) is 7.28. The molecule has 0 aromatic rings. The predicted molar refractivity (Wildman–Crippen MR) is 65.4 cm³/mol. The van der Waals surface area contributed by atoms with Gasteiger partial charge in [-0.3, -0.25) is 0 Å². The van der Waals surface area contributed by atoms with Crippen molar-refractivity contribution in [2.24, 2.45) is 0 Å². The second-order valence-corrected chi connectivity index (χ2v) is 7.32. The lowest BCUT2D eigenvalue weighted by molar-refractivity contribution is -0.0437. The van der Waals surface area contributed by atoms with Crippen LogP contribution in [0.1, 0.15) is 13.3 Å². The van der Waals surface area contributed by atoms with Crippen LogP contribution in [0, 0.1) is 0 Å². The number of methoxy groups -OCH3 is 3. The fourth-order valence-electron chi connectivity index (χ4n) is 1.11. The minimum atomic E-state index is -0.523. The third-order valence-electron chi connectivity index (χ3n) is 1.84. The Morgan fingerprint density at radius 3 is 2.40 bits per heavy atom. The summed E-state index contributed by atoms with van der Waals surface area (Å²) in [6.45, 7) is 2.15. The molecule has 0 aliphatic heterocycles. The molecule has 3 nitrogen and oxygen atoms in total. The van der Waals surface area contributed by atoms with E-state index in [1.54, 1.807) is 21.3 Å². The average Bonchev–Trinajstić information content (AvgIpc) is 2.27. The Kier molecular flexibility index (Phi) is 10.6. The minimum Gasteiger partial charge on any atom is -0.388 e. The van der Waals surface area contributed by atoms with Crippen molar-refractivity contribution in [2.45, 2.75) is 24.9 Å². The Morgan fingerprint density at radius 1 is 1.27 bits per heavy atom. The maximum atomic E-state index is 5.22. The van der Waals surface area contributed by atoms with Crippen LogP contribution in [0.15, 0.2) is 11.8 Å². The predicted octanol–water partition coefficient (Wildman–Crippen LogP) is 1.41. The van der Waals surface area contributed by atoms with Gasteiger partial charge < -0.3 is 14.2 Å². The third-order valence-corrected chi connectivity index (χ3v) is 6.65. The highest BCUT2D eigenvalue weighted by Crippen LogP contribution is 2.00. The first-order valence-corrected chi connectivity index (χ1v) is 8.35. The Labute approximate surface area is 97.2 Å². The van der Waals surface area contributed by atoms with Gasteiger partial charge in [-0.25, -0.2) is 0 Å². The monoisotopic (exact) mass is 245 g/mol. The van der Waals surface area contributed by atoms with E-state index in [0.717, 1.165) is 18.3 Å². The average molecular weight is 245 g/mol. The summed E-state index contributed by atoms with van der Waals surface area (Å²) in [5.41, 5.74) is 3.48. The lowest BCUT2D eigenvalue weighted by Crippen LogP contribution is -2.28. The van der Waals surface area contributed by atoms with Crippen LogP contribution in [0.25, 0.3) is 0 Å². The molecule has 0 aromatic heterocycles. The van der Waals surface area contributed by atoms with Crippen molar-refractivity contribution in [3.05, 3.63) is 11.8 Å². The molecule has 0 heterocycles. The molecule has 0 bridgehead atoms. The molecule has 15 heavy (non-hydrogen) atoms. The van der Waals surface area contributed by atoms with Crippen LogP contribution < -0.4 is 0 Å². The van der Waals surface area contributed by atoms with Gasteiger partial charge in [-0.15, -0.1) is 0 Å². The minimum absolute atomic E-state index is 0.0446. The van der Waals surface area contributed by atoms with Crippen molar-refractivity contribution in [1.82, 2.24) is 0 Å². The van der Waals surface area contributed by atoms with E-state index in [1.165, 1.54) is 0 Å². The van der Waals surface area contributed by atoms with Crippen LogP contribution >= 0.6 is 0 Å². The quantitative estimate of drug-likeness (QED) is 0.454. The van der Waals surface area contributed by atoms with E-state index in [2.05, 4.69) is 18.7 Å². The molecule has 0 N–H and O–H groups in total. The first kappa shape index (κ1) is 15.1. The lowest BCUT2D eigenvalue weighted by Gasteiger charge is -2.14. The lowest BCUT2D eigenvalue weighted by atomic mass is 10.5. The molecule has 0 saturated carbocycles. The number of hydrogen-bond donors (Lipinski definition) is 0. The molecule has 0 unspecified atom stereocenters. The van der Waals surface area contributed by atoms with E-state index in [0.29, 0.717) is 9.52 Å². The van der Waals surface area contributed by atoms with E-state index in [-0.39, 0.29) is 5.91 Å². The van der Waals surface area contributed by atoms with E-state index in [9.17, 15) is 0 Å². The molecule has 5 heteroatoms. The fraction of sp³-hybridized carbons (Fsp3) is 0.800. The molecule has 0 amide bonds. The summed E-state index contributed by atoms with van der Waals surface area (Å²) < 4.78 is 15.6. The molecule has 0 atom stereocenters. The summed E-state index contributed by atoms with van der Waals surface area (Å²) >= 11 is 0. The Balaban J connectivity index is 3.88. The van der Waals surface area contributed by atoms with Crippen molar-refractivity contribution in [1.29, 1.82) is 0 Å². The molecule has 0 aliphatic carbocycles. The van der Waals surface area contributed by atoms with Gasteiger partial charge in [0.1, 0.15) is 24.2 Å². The highest BCUT2D eigenvalue weighted by Gasteiger charge is 2.13. The van der Waals surface area contributed by atoms with Gasteiger partial charge in [0.05, 0.1) is 0 Å². The summed E-state index contributed by atoms with van der Waals surface area (Å²) in [5, 5.41) is 0. The molecule has 3 radical (unpaired) electrons. The molecule has 0 rings (SSSR count). The van der Waals surface area contributed by atoms with Gasteiger partial charge in [0.2, 0.25) is 0 Å². The van der Waals surface area contributed by atoms with Crippen molar-refractivity contribution in [3.63, 3.8) is 0 Å². The van der Waals surface area contributed by atoms with Crippen LogP contribution in [0.3, 0.4) is 0 Å². The van der Waals surface area contributed by atoms with Gasteiger partial charge in [0.15, 0.2) is 0 Å². The van der Waals surface area contributed by atoms with Crippen molar-refractivity contribution >= 4 is 18.3 Å². The van der Waals surface area contributed by atoms with Gasteiger partial charge in [0, 0.05) is 27.6 Å². The molecular formula is C10H21O3Si2. The molecule has 87 valence electrons. The zero-order chi connectivity index (χ0) is 11.5. The van der Waals surface area contributed by atoms with Gasteiger partial charge in [0.25, 0.3) is 0 Å². The largest absolute Gasteiger partial charge is 0.388 e. The maximum Gasteiger partial charge on any atom is 0.136 e. The first-order valence-electron chi connectivity index (χ1n) is 5.07. The summed E-state index contributed by atoms with van der Waals surface area (Å²) in [7, 11) is 5.31.